The maximum absolute atomic E-state index is 11.8. The third-order valence-corrected chi connectivity index (χ3v) is 2.84. The van der Waals surface area contributed by atoms with Crippen molar-refractivity contribution in [3.05, 3.63) is 39.9 Å². The SMILES string of the molecule is O=C(OC1CCCNC1)c1ccc([N+](=O)[O-])cc1. The number of nitrogens with zero attached hydrogens (tertiary/aromatic N) is 1. The molecule has 1 aliphatic rings. The molecule has 1 N–H and O–H groups in total. The lowest BCUT2D eigenvalue weighted by atomic mass is 10.1. The predicted molar refractivity (Wildman–Crippen MR) is 64.4 cm³/mol. The summed E-state index contributed by atoms with van der Waals surface area (Å²) in [6.07, 6.45) is 1.73. The largest absolute Gasteiger partial charge is 0.457 e. The summed E-state index contributed by atoms with van der Waals surface area (Å²) in [5.41, 5.74) is 0.303. The molecule has 1 aromatic rings. The first-order valence-corrected chi connectivity index (χ1v) is 5.83. The molecule has 0 spiro atoms. The number of nitro groups is 1. The van der Waals surface area contributed by atoms with Crippen molar-refractivity contribution in [1.82, 2.24) is 5.32 Å². The minimum Gasteiger partial charge on any atom is -0.457 e. The van der Waals surface area contributed by atoms with Gasteiger partial charge >= 0.3 is 5.97 Å². The fourth-order valence-corrected chi connectivity index (χ4v) is 1.86. The third-order valence-electron chi connectivity index (χ3n) is 2.84. The van der Waals surface area contributed by atoms with E-state index < -0.39 is 10.9 Å². The molecule has 1 aromatic carbocycles. The fourth-order valence-electron chi connectivity index (χ4n) is 1.86. The number of benzene rings is 1. The van der Waals surface area contributed by atoms with Gasteiger partial charge in [0.1, 0.15) is 6.10 Å². The Labute approximate surface area is 104 Å². The van der Waals surface area contributed by atoms with Gasteiger partial charge in [-0.1, -0.05) is 0 Å². The second-order valence-corrected chi connectivity index (χ2v) is 4.18. The summed E-state index contributed by atoms with van der Waals surface area (Å²) >= 11 is 0. The second kappa shape index (κ2) is 5.59. The van der Waals surface area contributed by atoms with Crippen molar-refractivity contribution in [2.75, 3.05) is 13.1 Å². The average Bonchev–Trinajstić information content (AvgIpc) is 2.40. The number of piperidine rings is 1. The number of rotatable bonds is 3. The molecule has 1 atom stereocenters. The van der Waals surface area contributed by atoms with Crippen molar-refractivity contribution in [3.63, 3.8) is 0 Å². The van der Waals surface area contributed by atoms with Crippen molar-refractivity contribution in [2.45, 2.75) is 18.9 Å². The van der Waals surface area contributed by atoms with E-state index in [1.807, 2.05) is 0 Å². The maximum atomic E-state index is 11.8. The molecule has 1 aliphatic heterocycles. The third kappa shape index (κ3) is 3.04. The zero-order valence-corrected chi connectivity index (χ0v) is 9.80. The first-order chi connectivity index (χ1) is 8.66. The molecule has 6 heteroatoms. The Hall–Kier alpha value is -1.95. The quantitative estimate of drug-likeness (QED) is 0.499. The van der Waals surface area contributed by atoms with Crippen molar-refractivity contribution >= 4 is 11.7 Å². The maximum Gasteiger partial charge on any atom is 0.338 e. The van der Waals surface area contributed by atoms with Gasteiger partial charge in [0.15, 0.2) is 0 Å². The molecule has 0 saturated carbocycles. The van der Waals surface area contributed by atoms with Crippen LogP contribution in [0.15, 0.2) is 24.3 Å². The van der Waals surface area contributed by atoms with Crippen LogP contribution in [0, 0.1) is 10.1 Å². The van der Waals surface area contributed by atoms with Crippen molar-refractivity contribution in [2.24, 2.45) is 0 Å². The van der Waals surface area contributed by atoms with E-state index in [1.165, 1.54) is 24.3 Å². The van der Waals surface area contributed by atoms with Crippen LogP contribution in [0.4, 0.5) is 5.69 Å². The van der Waals surface area contributed by atoms with Crippen LogP contribution in [0.25, 0.3) is 0 Å². The Balaban J connectivity index is 1.97. The number of nitrogens with one attached hydrogen (secondary N) is 1. The molecule has 0 bridgehead atoms. The second-order valence-electron chi connectivity index (χ2n) is 4.18. The smallest absolute Gasteiger partial charge is 0.338 e. The van der Waals surface area contributed by atoms with Gasteiger partial charge in [-0.3, -0.25) is 10.1 Å². The van der Waals surface area contributed by atoms with Gasteiger partial charge < -0.3 is 10.1 Å². The average molecular weight is 250 g/mol. The van der Waals surface area contributed by atoms with E-state index in [0.717, 1.165) is 19.4 Å². The van der Waals surface area contributed by atoms with Crippen molar-refractivity contribution < 1.29 is 14.5 Å². The Morgan fingerprint density at radius 1 is 1.39 bits per heavy atom. The molecule has 1 unspecified atom stereocenters. The van der Waals surface area contributed by atoms with Crippen LogP contribution < -0.4 is 5.32 Å². The monoisotopic (exact) mass is 250 g/mol. The highest BCUT2D eigenvalue weighted by atomic mass is 16.6. The van der Waals surface area contributed by atoms with Gasteiger partial charge in [-0.15, -0.1) is 0 Å². The Bertz CT molecular complexity index is 438. The number of non-ortho nitro benzene ring substituents is 1. The zero-order chi connectivity index (χ0) is 13.0. The van der Waals surface area contributed by atoms with Crippen LogP contribution in [-0.2, 0) is 4.74 Å². The number of ether oxygens (including phenoxy) is 1. The predicted octanol–water partition coefficient (Wildman–Crippen LogP) is 1.50. The molecule has 0 aromatic heterocycles. The number of nitro benzene ring substituents is 1. The van der Waals surface area contributed by atoms with E-state index in [0.29, 0.717) is 12.1 Å². The molecular formula is C12H14N2O4. The van der Waals surface area contributed by atoms with Gasteiger partial charge in [0.25, 0.3) is 5.69 Å². The van der Waals surface area contributed by atoms with E-state index in [-0.39, 0.29) is 11.8 Å². The number of carbonyl (C=O) groups excluding carboxylic acids is 1. The standard InChI is InChI=1S/C12H14N2O4/c15-12(18-11-2-1-7-13-8-11)9-3-5-10(6-4-9)14(16)17/h3-6,11,13H,1-2,7-8H2. The van der Waals surface area contributed by atoms with Gasteiger partial charge in [-0.2, -0.15) is 0 Å². The highest BCUT2D eigenvalue weighted by molar-refractivity contribution is 5.89. The zero-order valence-electron chi connectivity index (χ0n) is 9.80. The summed E-state index contributed by atoms with van der Waals surface area (Å²) in [6, 6.07) is 5.43. The van der Waals surface area contributed by atoms with Gasteiger partial charge in [-0.05, 0) is 31.5 Å². The van der Waals surface area contributed by atoms with E-state index in [1.54, 1.807) is 0 Å². The molecule has 0 radical (unpaired) electrons. The Kier molecular flexibility index (Phi) is 3.88. The van der Waals surface area contributed by atoms with Crippen molar-refractivity contribution in [3.8, 4) is 0 Å². The molecule has 0 amide bonds. The molecule has 6 nitrogen and oxygen atoms in total. The van der Waals surface area contributed by atoms with Crippen LogP contribution in [0.3, 0.4) is 0 Å². The Morgan fingerprint density at radius 2 is 2.11 bits per heavy atom. The van der Waals surface area contributed by atoms with E-state index in [4.69, 9.17) is 4.74 Å². The number of carbonyl (C=O) groups is 1. The van der Waals surface area contributed by atoms with Crippen LogP contribution >= 0.6 is 0 Å². The molecule has 1 saturated heterocycles. The molecule has 96 valence electrons. The molecule has 1 fully saturated rings. The summed E-state index contributed by atoms with van der Waals surface area (Å²) in [4.78, 5) is 21.8. The summed E-state index contributed by atoms with van der Waals surface area (Å²) in [7, 11) is 0. The summed E-state index contributed by atoms with van der Waals surface area (Å²) in [6.45, 7) is 1.62. The lowest BCUT2D eigenvalue weighted by Gasteiger charge is -2.22. The fraction of sp³-hybridized carbons (Fsp3) is 0.417. The summed E-state index contributed by atoms with van der Waals surface area (Å²) in [5.74, 6) is -0.432. The van der Waals surface area contributed by atoms with Crippen LogP contribution in [-0.4, -0.2) is 30.1 Å². The lowest BCUT2D eigenvalue weighted by molar-refractivity contribution is -0.384. The van der Waals surface area contributed by atoms with Crippen LogP contribution in [0.2, 0.25) is 0 Å². The molecular weight excluding hydrogens is 236 g/mol. The highest BCUT2D eigenvalue weighted by Crippen LogP contribution is 2.14. The molecule has 0 aliphatic carbocycles. The highest BCUT2D eigenvalue weighted by Gasteiger charge is 2.18. The number of esters is 1. The van der Waals surface area contributed by atoms with Gasteiger partial charge in [0, 0.05) is 18.7 Å². The topological polar surface area (TPSA) is 81.5 Å². The molecule has 18 heavy (non-hydrogen) atoms. The lowest BCUT2D eigenvalue weighted by Crippen LogP contribution is -2.36. The van der Waals surface area contributed by atoms with Crippen LogP contribution in [0.1, 0.15) is 23.2 Å². The molecule has 1 heterocycles. The van der Waals surface area contributed by atoms with Gasteiger partial charge in [0.2, 0.25) is 0 Å². The van der Waals surface area contributed by atoms with E-state index in [2.05, 4.69) is 5.32 Å². The minimum atomic E-state index is -0.500. The normalized spacial score (nSPS) is 19.2. The van der Waals surface area contributed by atoms with Gasteiger partial charge in [-0.25, -0.2) is 4.79 Å². The van der Waals surface area contributed by atoms with Crippen LogP contribution in [0.5, 0.6) is 0 Å². The molecule has 2 rings (SSSR count). The minimum absolute atomic E-state index is 0.0362. The van der Waals surface area contributed by atoms with Crippen molar-refractivity contribution in [1.29, 1.82) is 0 Å². The first-order valence-electron chi connectivity index (χ1n) is 5.83. The summed E-state index contributed by atoms with van der Waals surface area (Å²) in [5, 5.41) is 13.6. The van der Waals surface area contributed by atoms with E-state index >= 15 is 0 Å². The first kappa shape index (κ1) is 12.5. The number of hydrogen-bond acceptors (Lipinski definition) is 5. The van der Waals surface area contributed by atoms with Gasteiger partial charge in [0.05, 0.1) is 10.5 Å². The number of hydrogen-bond donors (Lipinski definition) is 1. The van der Waals surface area contributed by atoms with E-state index in [9.17, 15) is 14.9 Å². The summed E-state index contributed by atoms with van der Waals surface area (Å²) < 4.78 is 5.31. The Morgan fingerprint density at radius 3 is 2.67 bits per heavy atom.